The molecule has 0 radical (unpaired) electrons. The van der Waals surface area contributed by atoms with E-state index >= 15 is 0 Å². The van der Waals surface area contributed by atoms with E-state index in [0.29, 0.717) is 36.0 Å². The second-order valence-corrected chi connectivity index (χ2v) is 10.6. The molecule has 0 bridgehead atoms. The Kier molecular flexibility index (Phi) is 9.41. The van der Waals surface area contributed by atoms with Gasteiger partial charge in [-0.05, 0) is 47.9 Å². The molecule has 1 atom stereocenters. The largest absolute Gasteiger partial charge is 0.490 e. The van der Waals surface area contributed by atoms with Crippen LogP contribution in [0.3, 0.4) is 0 Å². The molecule has 218 valence electrons. The van der Waals surface area contributed by atoms with Gasteiger partial charge in [0.05, 0.1) is 28.1 Å². The number of carbonyl (C=O) groups excluding carboxylic acids is 1. The lowest BCUT2D eigenvalue weighted by atomic mass is 9.83. The van der Waals surface area contributed by atoms with E-state index < -0.39 is 11.9 Å². The second kappa shape index (κ2) is 13.6. The van der Waals surface area contributed by atoms with E-state index in [1.54, 1.807) is 18.2 Å². The van der Waals surface area contributed by atoms with Crippen LogP contribution in [0, 0.1) is 11.3 Å². The van der Waals surface area contributed by atoms with Crippen molar-refractivity contribution in [3.8, 4) is 29.1 Å². The van der Waals surface area contributed by atoms with Crippen molar-refractivity contribution in [3.05, 3.63) is 129 Å². The van der Waals surface area contributed by atoms with Gasteiger partial charge in [-0.25, -0.2) is 4.79 Å². The zero-order chi connectivity index (χ0) is 30.3. The Bertz CT molecular complexity index is 1680. The third-order valence-corrected chi connectivity index (χ3v) is 7.40. The fraction of sp³-hybridized carbons (Fsp3) is 0.176. The monoisotopic (exact) mass is 614 g/mol. The maximum Gasteiger partial charge on any atom is 0.343 e. The molecule has 0 saturated heterocycles. The van der Waals surface area contributed by atoms with Crippen molar-refractivity contribution >= 4 is 29.2 Å². The van der Waals surface area contributed by atoms with Crippen molar-refractivity contribution < 1.29 is 23.7 Å². The molecule has 7 nitrogen and oxygen atoms in total. The first-order valence-electron chi connectivity index (χ1n) is 13.7. The summed E-state index contributed by atoms with van der Waals surface area (Å²) in [6.07, 6.45) is 1.81. The summed E-state index contributed by atoms with van der Waals surface area (Å²) in [5, 5.41) is 10.3. The molecule has 1 heterocycles. The Morgan fingerprint density at radius 1 is 0.953 bits per heavy atom. The van der Waals surface area contributed by atoms with Gasteiger partial charge in [-0.15, -0.1) is 0 Å². The summed E-state index contributed by atoms with van der Waals surface area (Å²) >= 11 is 12.7. The minimum absolute atomic E-state index is 0.0230. The van der Waals surface area contributed by atoms with Gasteiger partial charge in [0, 0.05) is 11.6 Å². The number of halogens is 2. The predicted octanol–water partition coefficient (Wildman–Crippen LogP) is 8.19. The van der Waals surface area contributed by atoms with Gasteiger partial charge >= 0.3 is 5.97 Å². The van der Waals surface area contributed by atoms with Crippen LogP contribution in [0.4, 0.5) is 0 Å². The average Bonchev–Trinajstić information content (AvgIpc) is 3.01. The molecule has 0 spiro atoms. The fourth-order valence-corrected chi connectivity index (χ4v) is 5.24. The molecule has 2 N–H and O–H groups in total. The Morgan fingerprint density at radius 3 is 2.33 bits per heavy atom. The number of esters is 1. The van der Waals surface area contributed by atoms with E-state index in [0.717, 1.165) is 24.0 Å². The van der Waals surface area contributed by atoms with Crippen molar-refractivity contribution in [2.75, 3.05) is 6.61 Å². The summed E-state index contributed by atoms with van der Waals surface area (Å²) in [4.78, 5) is 13.0. The number of fused-ring (bicyclic) bond motifs is 1. The molecule has 1 aliphatic heterocycles. The topological polar surface area (TPSA) is 104 Å². The van der Waals surface area contributed by atoms with Gasteiger partial charge in [0.15, 0.2) is 5.75 Å². The van der Waals surface area contributed by atoms with Crippen molar-refractivity contribution in [2.45, 2.75) is 32.3 Å². The highest BCUT2D eigenvalue weighted by Gasteiger charge is 2.31. The van der Waals surface area contributed by atoms with Crippen LogP contribution in [-0.4, -0.2) is 12.6 Å². The molecular weight excluding hydrogens is 587 g/mol. The normalized spacial score (nSPS) is 13.9. The Labute approximate surface area is 260 Å². The number of unbranched alkanes of at least 4 members (excludes halogenated alkanes) is 1. The Morgan fingerprint density at radius 2 is 1.65 bits per heavy atom. The molecule has 4 aromatic carbocycles. The quantitative estimate of drug-likeness (QED) is 0.109. The highest BCUT2D eigenvalue weighted by Crippen LogP contribution is 2.44. The van der Waals surface area contributed by atoms with E-state index in [2.05, 4.69) is 6.07 Å². The molecule has 43 heavy (non-hydrogen) atoms. The second-order valence-electron chi connectivity index (χ2n) is 9.83. The first-order valence-corrected chi connectivity index (χ1v) is 14.5. The van der Waals surface area contributed by atoms with Crippen molar-refractivity contribution in [3.63, 3.8) is 0 Å². The highest BCUT2D eigenvalue weighted by molar-refractivity contribution is 6.37. The standard InChI is InChI=1S/C34H28Cl2N2O5/c1-2-3-15-40-32-28(35)16-23(17-29(32)36)34(39)42-25-13-14-26-30(18-25)43-33(38)27(19-37)31(26)22-9-11-24(12-10-22)41-20-21-7-5-4-6-8-21/h4-14,16-18,31H,2-3,15,20,38H2,1H3. The summed E-state index contributed by atoms with van der Waals surface area (Å²) in [7, 11) is 0. The van der Waals surface area contributed by atoms with Crippen molar-refractivity contribution in [2.24, 2.45) is 5.73 Å². The number of ether oxygens (including phenoxy) is 4. The Balaban J connectivity index is 1.34. The van der Waals surface area contributed by atoms with E-state index in [9.17, 15) is 10.1 Å². The van der Waals surface area contributed by atoms with Gasteiger partial charge in [0.1, 0.15) is 35.5 Å². The van der Waals surface area contributed by atoms with Crippen LogP contribution in [0.15, 0.2) is 96.4 Å². The van der Waals surface area contributed by atoms with E-state index in [4.69, 9.17) is 47.9 Å². The summed E-state index contributed by atoms with van der Waals surface area (Å²) in [6.45, 7) is 2.95. The van der Waals surface area contributed by atoms with E-state index in [1.807, 2.05) is 61.5 Å². The van der Waals surface area contributed by atoms with E-state index in [-0.39, 0.29) is 32.8 Å². The van der Waals surface area contributed by atoms with E-state index in [1.165, 1.54) is 12.1 Å². The first kappa shape index (κ1) is 29.8. The fourth-order valence-electron chi connectivity index (χ4n) is 4.64. The van der Waals surface area contributed by atoms with Crippen LogP contribution in [0.25, 0.3) is 0 Å². The van der Waals surface area contributed by atoms with Crippen LogP contribution in [-0.2, 0) is 6.61 Å². The number of carbonyl (C=O) groups is 1. The zero-order valence-corrected chi connectivity index (χ0v) is 24.8. The molecule has 0 amide bonds. The van der Waals surface area contributed by atoms with Crippen molar-refractivity contribution in [1.82, 2.24) is 0 Å². The number of nitrogens with two attached hydrogens (primary N) is 1. The lowest BCUT2D eigenvalue weighted by molar-refractivity contribution is 0.0734. The molecule has 9 heteroatoms. The van der Waals surface area contributed by atoms with Crippen LogP contribution < -0.4 is 24.7 Å². The molecule has 4 aromatic rings. The molecule has 5 rings (SSSR count). The summed E-state index contributed by atoms with van der Waals surface area (Å²) < 4.78 is 23.0. The lowest BCUT2D eigenvalue weighted by Gasteiger charge is -2.27. The SMILES string of the molecule is CCCCOc1c(Cl)cc(C(=O)Oc2ccc3c(c2)OC(N)=C(C#N)C3c2ccc(OCc3ccccc3)cc2)cc1Cl. The first-order chi connectivity index (χ1) is 20.9. The van der Waals surface area contributed by atoms with Gasteiger partial charge in [-0.1, -0.05) is 85.1 Å². The smallest absolute Gasteiger partial charge is 0.343 e. The van der Waals surface area contributed by atoms with Gasteiger partial charge in [0.2, 0.25) is 5.88 Å². The van der Waals surface area contributed by atoms with Crippen molar-refractivity contribution in [1.29, 1.82) is 5.26 Å². The van der Waals surface area contributed by atoms with Gasteiger partial charge < -0.3 is 24.7 Å². The molecule has 1 aliphatic rings. The molecule has 0 aliphatic carbocycles. The molecule has 0 saturated carbocycles. The summed E-state index contributed by atoms with van der Waals surface area (Å²) in [5.74, 6) is 0.433. The molecular formula is C34H28Cl2N2O5. The number of benzene rings is 4. The van der Waals surface area contributed by atoms with Gasteiger partial charge in [-0.3, -0.25) is 0 Å². The minimum Gasteiger partial charge on any atom is -0.490 e. The maximum absolute atomic E-state index is 13.0. The van der Waals surface area contributed by atoms with Gasteiger partial charge in [-0.2, -0.15) is 5.26 Å². The molecule has 0 aromatic heterocycles. The van der Waals surface area contributed by atoms with Crippen LogP contribution in [0.2, 0.25) is 10.0 Å². The number of nitrogens with zero attached hydrogens (tertiary/aromatic N) is 1. The summed E-state index contributed by atoms with van der Waals surface area (Å²) in [6, 6.07) is 27.4. The van der Waals surface area contributed by atoms with Crippen LogP contribution in [0.1, 0.15) is 52.7 Å². The van der Waals surface area contributed by atoms with Crippen LogP contribution in [0.5, 0.6) is 23.0 Å². The molecule has 0 fully saturated rings. The number of allylic oxidation sites excluding steroid dienone is 1. The minimum atomic E-state index is -0.663. The third kappa shape index (κ3) is 6.89. The maximum atomic E-state index is 13.0. The average molecular weight is 616 g/mol. The van der Waals surface area contributed by atoms with Gasteiger partial charge in [0.25, 0.3) is 0 Å². The number of hydrogen-bond acceptors (Lipinski definition) is 7. The molecule has 1 unspecified atom stereocenters. The number of rotatable bonds is 10. The zero-order valence-electron chi connectivity index (χ0n) is 23.3. The highest BCUT2D eigenvalue weighted by atomic mass is 35.5. The Hall–Kier alpha value is -4.64. The summed E-state index contributed by atoms with van der Waals surface area (Å²) in [5.41, 5.74) is 9.19. The number of nitriles is 1. The van der Waals surface area contributed by atoms with Crippen LogP contribution >= 0.6 is 23.2 Å². The third-order valence-electron chi connectivity index (χ3n) is 6.84. The predicted molar refractivity (Wildman–Crippen MR) is 165 cm³/mol. The number of hydrogen-bond donors (Lipinski definition) is 1. The lowest BCUT2D eigenvalue weighted by Crippen LogP contribution is -2.21.